The van der Waals surface area contributed by atoms with Crippen LogP contribution < -0.4 is 0 Å². The molecule has 0 aromatic carbocycles. The van der Waals surface area contributed by atoms with Gasteiger partial charge in [0.25, 0.3) is 0 Å². The van der Waals surface area contributed by atoms with Gasteiger partial charge in [-0.3, -0.25) is 9.91 Å². The Hall–Kier alpha value is 0.370. The average molecular weight is 431 g/mol. The fourth-order valence-electron chi connectivity index (χ4n) is 1.68. The van der Waals surface area contributed by atoms with E-state index in [4.69, 9.17) is 58.0 Å². The molecule has 1 aliphatic rings. The Kier molecular flexibility index (Phi) is 5.89. The summed E-state index contributed by atoms with van der Waals surface area (Å²) < 4.78 is 60.5. The largest absolute Gasteiger partial charge is 0.457 e. The first-order chi connectivity index (χ1) is 9.68. The minimum Gasteiger partial charge on any atom is -0.298 e. The standard InChI is InChI=1S/C9H9Cl5F5N3/c1-2-3-22-5(6(15,16)9(17,18)19)21(4-20-22)8(13,14)7(10,11)12/h4-5H,2-3H2,1H3. The molecule has 0 saturated heterocycles. The van der Waals surface area contributed by atoms with E-state index in [0.717, 1.165) is 0 Å². The summed E-state index contributed by atoms with van der Waals surface area (Å²) in [6.07, 6.45) is -7.74. The summed E-state index contributed by atoms with van der Waals surface area (Å²) in [5.41, 5.74) is 0. The number of hydrogen-bond acceptors (Lipinski definition) is 3. The Morgan fingerprint density at radius 2 is 1.55 bits per heavy atom. The maximum atomic E-state index is 13.8. The van der Waals surface area contributed by atoms with E-state index in [0.29, 0.717) is 11.3 Å². The van der Waals surface area contributed by atoms with Crippen LogP contribution in [0.1, 0.15) is 13.3 Å². The van der Waals surface area contributed by atoms with Crippen LogP contribution in [-0.4, -0.2) is 49.3 Å². The van der Waals surface area contributed by atoms with Gasteiger partial charge in [0.15, 0.2) is 6.17 Å². The molecule has 1 rings (SSSR count). The summed E-state index contributed by atoms with van der Waals surface area (Å²) in [7, 11) is 0. The summed E-state index contributed by atoms with van der Waals surface area (Å²) >= 11 is 27.9. The molecule has 0 saturated carbocycles. The second-order valence-electron chi connectivity index (χ2n) is 4.33. The summed E-state index contributed by atoms with van der Waals surface area (Å²) in [4.78, 5) is 0.173. The third-order valence-electron chi connectivity index (χ3n) is 2.69. The topological polar surface area (TPSA) is 18.8 Å². The van der Waals surface area contributed by atoms with E-state index in [1.165, 1.54) is 0 Å². The molecule has 13 heteroatoms. The van der Waals surface area contributed by atoms with Gasteiger partial charge in [-0.05, 0) is 6.42 Å². The second-order valence-corrected chi connectivity index (χ2v) is 7.90. The van der Waals surface area contributed by atoms with Gasteiger partial charge >= 0.3 is 12.1 Å². The molecule has 0 aromatic rings. The van der Waals surface area contributed by atoms with E-state index in [1.807, 2.05) is 0 Å². The van der Waals surface area contributed by atoms with Gasteiger partial charge in [0.05, 0.1) is 0 Å². The van der Waals surface area contributed by atoms with Gasteiger partial charge in [0, 0.05) is 6.54 Å². The molecule has 1 atom stereocenters. The smallest absolute Gasteiger partial charge is 0.298 e. The van der Waals surface area contributed by atoms with Crippen molar-refractivity contribution in [2.75, 3.05) is 6.54 Å². The van der Waals surface area contributed by atoms with E-state index in [1.54, 1.807) is 6.92 Å². The third kappa shape index (κ3) is 3.55. The summed E-state index contributed by atoms with van der Waals surface area (Å²) in [6.45, 7) is 1.34. The van der Waals surface area contributed by atoms with Gasteiger partial charge < -0.3 is 0 Å². The van der Waals surface area contributed by atoms with Crippen LogP contribution >= 0.6 is 58.0 Å². The van der Waals surface area contributed by atoms with Gasteiger partial charge in [0.1, 0.15) is 6.34 Å². The maximum absolute atomic E-state index is 13.8. The van der Waals surface area contributed by atoms with Crippen LogP contribution in [0, 0.1) is 0 Å². The van der Waals surface area contributed by atoms with Crippen LogP contribution in [0.25, 0.3) is 0 Å². The zero-order valence-corrected chi connectivity index (χ0v) is 14.5. The molecule has 0 N–H and O–H groups in total. The first-order valence-corrected chi connectivity index (χ1v) is 7.55. The van der Waals surface area contributed by atoms with Crippen molar-refractivity contribution in [1.82, 2.24) is 9.91 Å². The fourth-order valence-corrected chi connectivity index (χ4v) is 2.25. The van der Waals surface area contributed by atoms with Gasteiger partial charge in [-0.15, -0.1) is 0 Å². The van der Waals surface area contributed by atoms with Gasteiger partial charge in [-0.2, -0.15) is 27.1 Å². The lowest BCUT2D eigenvalue weighted by Gasteiger charge is -2.43. The molecule has 3 nitrogen and oxygen atoms in total. The lowest BCUT2D eigenvalue weighted by Crippen LogP contribution is -2.64. The number of hydrogen-bond donors (Lipinski definition) is 0. The highest BCUT2D eigenvalue weighted by Crippen LogP contribution is 2.52. The third-order valence-corrected chi connectivity index (χ3v) is 5.05. The molecule has 0 amide bonds. The Labute approximate surface area is 147 Å². The number of nitrogens with zero attached hydrogens (tertiary/aromatic N) is 3. The minimum absolute atomic E-state index is 0.173. The van der Waals surface area contributed by atoms with Crippen molar-refractivity contribution in [2.24, 2.45) is 5.10 Å². The first-order valence-electron chi connectivity index (χ1n) is 5.66. The fraction of sp³-hybridized carbons (Fsp3) is 0.889. The second kappa shape index (κ2) is 6.35. The molecule has 0 spiro atoms. The Morgan fingerprint density at radius 1 is 1.05 bits per heavy atom. The molecule has 0 fully saturated rings. The van der Waals surface area contributed by atoms with E-state index in [2.05, 4.69) is 5.10 Å². The van der Waals surface area contributed by atoms with Crippen molar-refractivity contribution in [3.63, 3.8) is 0 Å². The predicted molar refractivity (Wildman–Crippen MR) is 76.8 cm³/mol. The molecular formula is C9H9Cl5F5N3. The van der Waals surface area contributed by atoms with Gasteiger partial charge in [-0.1, -0.05) is 64.9 Å². The van der Waals surface area contributed by atoms with Crippen molar-refractivity contribution in [1.29, 1.82) is 0 Å². The van der Waals surface area contributed by atoms with Crippen LogP contribution in [0.15, 0.2) is 5.10 Å². The molecule has 0 aromatic heterocycles. The zero-order valence-electron chi connectivity index (χ0n) is 10.7. The molecule has 130 valence electrons. The summed E-state index contributed by atoms with van der Waals surface area (Å²) in [5.74, 6) is -5.23. The highest BCUT2D eigenvalue weighted by molar-refractivity contribution is 6.75. The van der Waals surface area contributed by atoms with Crippen molar-refractivity contribution in [3.05, 3.63) is 0 Å². The van der Waals surface area contributed by atoms with Crippen LogP contribution in [0.5, 0.6) is 0 Å². The van der Waals surface area contributed by atoms with Crippen LogP contribution in [0.4, 0.5) is 22.0 Å². The number of alkyl halides is 10. The zero-order chi connectivity index (χ0) is 17.6. The van der Waals surface area contributed by atoms with Crippen LogP contribution in [-0.2, 0) is 0 Å². The van der Waals surface area contributed by atoms with Crippen molar-refractivity contribution in [3.8, 4) is 0 Å². The molecule has 0 bridgehead atoms. The lowest BCUT2D eigenvalue weighted by molar-refractivity contribution is -0.315. The monoisotopic (exact) mass is 429 g/mol. The first kappa shape index (κ1) is 20.4. The molecular weight excluding hydrogens is 422 g/mol. The Bertz CT molecular complexity index is 436. The molecule has 0 radical (unpaired) electrons. The number of halogens is 10. The van der Waals surface area contributed by atoms with E-state index in [9.17, 15) is 22.0 Å². The summed E-state index contributed by atoms with van der Waals surface area (Å²) in [6, 6.07) is 0. The molecule has 1 heterocycles. The molecule has 0 aliphatic carbocycles. The van der Waals surface area contributed by atoms with Crippen LogP contribution in [0.2, 0.25) is 0 Å². The van der Waals surface area contributed by atoms with Crippen molar-refractivity contribution >= 4 is 64.3 Å². The molecule has 1 unspecified atom stereocenters. The van der Waals surface area contributed by atoms with E-state index >= 15 is 0 Å². The normalized spacial score (nSPS) is 21.0. The minimum atomic E-state index is -5.88. The Balaban J connectivity index is 3.32. The van der Waals surface area contributed by atoms with E-state index < -0.39 is 26.5 Å². The quantitative estimate of drug-likeness (QED) is 0.355. The van der Waals surface area contributed by atoms with Gasteiger partial charge in [-0.25, -0.2) is 0 Å². The highest BCUT2D eigenvalue weighted by Gasteiger charge is 2.70. The lowest BCUT2D eigenvalue weighted by atomic mass is 10.2. The Morgan fingerprint density at radius 3 is 1.91 bits per heavy atom. The highest BCUT2D eigenvalue weighted by atomic mass is 35.6. The number of hydrazone groups is 1. The van der Waals surface area contributed by atoms with Crippen molar-refractivity contribution in [2.45, 2.75) is 39.9 Å². The van der Waals surface area contributed by atoms with Gasteiger partial charge in [0.2, 0.25) is 8.25 Å². The van der Waals surface area contributed by atoms with Crippen molar-refractivity contribution < 1.29 is 22.0 Å². The predicted octanol–water partition coefficient (Wildman–Crippen LogP) is 4.98. The summed E-state index contributed by atoms with van der Waals surface area (Å²) in [5, 5.41) is 3.95. The molecule has 1 aliphatic heterocycles. The SMILES string of the molecule is CCCN1N=CN(C(Cl)(Cl)C(Cl)(Cl)Cl)C1C(F)(F)C(F)(F)F. The average Bonchev–Trinajstić information content (AvgIpc) is 2.71. The van der Waals surface area contributed by atoms with Crippen LogP contribution in [0.3, 0.4) is 0 Å². The van der Waals surface area contributed by atoms with E-state index in [-0.39, 0.29) is 17.9 Å². The molecule has 22 heavy (non-hydrogen) atoms. The number of rotatable bonds is 4. The maximum Gasteiger partial charge on any atom is 0.457 e.